The molecule has 5 nitrogen and oxygen atoms in total. The third-order valence-corrected chi connectivity index (χ3v) is 4.06. The Morgan fingerprint density at radius 1 is 0.920 bits per heavy atom. The maximum atomic E-state index is 11.7. The van der Waals surface area contributed by atoms with Gasteiger partial charge in [-0.25, -0.2) is 4.79 Å². The van der Waals surface area contributed by atoms with Crippen LogP contribution in [0, 0.1) is 0 Å². The van der Waals surface area contributed by atoms with E-state index in [9.17, 15) is 4.79 Å². The van der Waals surface area contributed by atoms with Gasteiger partial charge in [-0.3, -0.25) is 4.90 Å². The van der Waals surface area contributed by atoms with Crippen LogP contribution in [0.2, 0.25) is 0 Å². The van der Waals surface area contributed by atoms with Crippen molar-refractivity contribution < 1.29 is 19.0 Å². The molecule has 5 heteroatoms. The molecule has 0 amide bonds. The summed E-state index contributed by atoms with van der Waals surface area (Å²) in [5.41, 5.74) is 2.79. The summed E-state index contributed by atoms with van der Waals surface area (Å²) >= 11 is 0. The Morgan fingerprint density at radius 2 is 1.60 bits per heavy atom. The Kier molecular flexibility index (Phi) is 6.83. The predicted molar refractivity (Wildman–Crippen MR) is 97.1 cm³/mol. The minimum absolute atomic E-state index is 0.315. The molecule has 0 bridgehead atoms. The predicted octanol–water partition coefficient (Wildman–Crippen LogP) is 3.51. The van der Waals surface area contributed by atoms with Crippen molar-refractivity contribution in [1.29, 1.82) is 0 Å². The summed E-state index contributed by atoms with van der Waals surface area (Å²) in [4.78, 5) is 14.0. The van der Waals surface area contributed by atoms with E-state index in [0.717, 1.165) is 42.3 Å². The van der Waals surface area contributed by atoms with Crippen LogP contribution in [0.5, 0.6) is 11.5 Å². The van der Waals surface area contributed by atoms with Gasteiger partial charge in [0.2, 0.25) is 0 Å². The van der Waals surface area contributed by atoms with Crippen molar-refractivity contribution in [3.63, 3.8) is 0 Å². The van der Waals surface area contributed by atoms with E-state index < -0.39 is 0 Å². The molecule has 2 aromatic rings. The van der Waals surface area contributed by atoms with E-state index in [1.54, 1.807) is 20.3 Å². The number of benzene rings is 2. The highest BCUT2D eigenvalue weighted by atomic mass is 16.5. The highest BCUT2D eigenvalue weighted by Crippen LogP contribution is 2.28. The molecular weight excluding hydrogens is 318 g/mol. The Hall–Kier alpha value is -2.53. The normalized spacial score (nSPS) is 10.6. The molecule has 2 rings (SSSR count). The van der Waals surface area contributed by atoms with Gasteiger partial charge in [-0.05, 0) is 41.9 Å². The van der Waals surface area contributed by atoms with E-state index in [-0.39, 0.29) is 5.97 Å². The Bertz CT molecular complexity index is 715. The van der Waals surface area contributed by atoms with Gasteiger partial charge in [-0.15, -0.1) is 0 Å². The lowest BCUT2D eigenvalue weighted by Gasteiger charge is -2.21. The fourth-order valence-corrected chi connectivity index (χ4v) is 2.69. The van der Waals surface area contributed by atoms with Gasteiger partial charge in [0.15, 0.2) is 11.5 Å². The number of methoxy groups -OCH3 is 3. The van der Waals surface area contributed by atoms with Crippen LogP contribution in [0.15, 0.2) is 42.5 Å². The molecule has 0 heterocycles. The highest BCUT2D eigenvalue weighted by molar-refractivity contribution is 5.89. The molecule has 25 heavy (non-hydrogen) atoms. The first-order valence-electron chi connectivity index (χ1n) is 8.21. The molecule has 0 spiro atoms. The van der Waals surface area contributed by atoms with Gasteiger partial charge in [0.05, 0.1) is 26.9 Å². The summed E-state index contributed by atoms with van der Waals surface area (Å²) in [7, 11) is 4.66. The lowest BCUT2D eigenvalue weighted by molar-refractivity contribution is 0.0600. The van der Waals surface area contributed by atoms with Gasteiger partial charge in [-0.2, -0.15) is 0 Å². The molecule has 0 N–H and O–H groups in total. The maximum absolute atomic E-state index is 11.7. The smallest absolute Gasteiger partial charge is 0.337 e. The molecule has 0 aliphatic heterocycles. The second kappa shape index (κ2) is 9.08. The average Bonchev–Trinajstić information content (AvgIpc) is 2.66. The van der Waals surface area contributed by atoms with Gasteiger partial charge in [0.25, 0.3) is 0 Å². The fourth-order valence-electron chi connectivity index (χ4n) is 2.69. The van der Waals surface area contributed by atoms with Crippen LogP contribution < -0.4 is 9.47 Å². The Labute approximate surface area is 149 Å². The van der Waals surface area contributed by atoms with E-state index >= 15 is 0 Å². The minimum Gasteiger partial charge on any atom is -0.493 e. The molecule has 0 aliphatic rings. The molecule has 0 unspecified atom stereocenters. The summed E-state index contributed by atoms with van der Waals surface area (Å²) in [5.74, 6) is 1.13. The number of carbonyl (C=O) groups is 1. The summed E-state index contributed by atoms with van der Waals surface area (Å²) < 4.78 is 15.4. The summed E-state index contributed by atoms with van der Waals surface area (Å²) in [6.07, 6.45) is 0. The van der Waals surface area contributed by atoms with Gasteiger partial charge < -0.3 is 14.2 Å². The largest absolute Gasteiger partial charge is 0.493 e. The summed E-state index contributed by atoms with van der Waals surface area (Å²) in [5, 5.41) is 0. The standard InChI is InChI=1S/C20H25NO4/c1-5-21(13-15-7-6-8-17(11-15)20(22)25-4)14-16-9-10-18(23-2)19(12-16)24-3/h6-12H,5,13-14H2,1-4H3. The molecule has 0 aromatic heterocycles. The van der Waals surface area contributed by atoms with Crippen LogP contribution in [-0.2, 0) is 17.8 Å². The van der Waals surface area contributed by atoms with Crippen molar-refractivity contribution >= 4 is 5.97 Å². The third kappa shape index (κ3) is 4.97. The lowest BCUT2D eigenvalue weighted by atomic mass is 10.1. The molecule has 0 radical (unpaired) electrons. The lowest BCUT2D eigenvalue weighted by Crippen LogP contribution is -2.22. The number of nitrogens with zero attached hydrogens (tertiary/aromatic N) is 1. The number of ether oxygens (including phenoxy) is 3. The molecule has 0 fully saturated rings. The van der Waals surface area contributed by atoms with Crippen LogP contribution in [0.3, 0.4) is 0 Å². The first-order valence-corrected chi connectivity index (χ1v) is 8.21. The third-order valence-electron chi connectivity index (χ3n) is 4.06. The van der Waals surface area contributed by atoms with Crippen LogP contribution in [0.1, 0.15) is 28.4 Å². The monoisotopic (exact) mass is 343 g/mol. The van der Waals surface area contributed by atoms with Crippen molar-refractivity contribution in [3.05, 3.63) is 59.2 Å². The number of carbonyl (C=O) groups excluding carboxylic acids is 1. The zero-order valence-corrected chi connectivity index (χ0v) is 15.2. The van der Waals surface area contributed by atoms with Gasteiger partial charge in [-0.1, -0.05) is 25.1 Å². The maximum Gasteiger partial charge on any atom is 0.337 e. The average molecular weight is 343 g/mol. The molecule has 134 valence electrons. The van der Waals surface area contributed by atoms with Crippen LogP contribution >= 0.6 is 0 Å². The summed E-state index contributed by atoms with van der Waals surface area (Å²) in [6.45, 7) is 4.52. The number of rotatable bonds is 8. The van der Waals surface area contributed by atoms with Gasteiger partial charge >= 0.3 is 5.97 Å². The number of esters is 1. The fraction of sp³-hybridized carbons (Fsp3) is 0.350. The van der Waals surface area contributed by atoms with E-state index in [2.05, 4.69) is 11.8 Å². The minimum atomic E-state index is -0.315. The highest BCUT2D eigenvalue weighted by Gasteiger charge is 2.11. The van der Waals surface area contributed by atoms with E-state index in [1.807, 2.05) is 36.4 Å². The van der Waals surface area contributed by atoms with Crippen molar-refractivity contribution in [2.75, 3.05) is 27.9 Å². The van der Waals surface area contributed by atoms with Crippen LogP contribution in [0.4, 0.5) is 0 Å². The van der Waals surface area contributed by atoms with Crippen molar-refractivity contribution in [2.45, 2.75) is 20.0 Å². The molecular formula is C20H25NO4. The summed E-state index contributed by atoms with van der Waals surface area (Å²) in [6, 6.07) is 13.5. The molecule has 0 saturated heterocycles. The number of hydrogen-bond donors (Lipinski definition) is 0. The Balaban J connectivity index is 2.12. The van der Waals surface area contributed by atoms with Crippen LogP contribution in [-0.4, -0.2) is 38.7 Å². The van der Waals surface area contributed by atoms with E-state index in [0.29, 0.717) is 5.56 Å². The van der Waals surface area contributed by atoms with E-state index in [1.165, 1.54) is 7.11 Å². The van der Waals surface area contributed by atoms with Crippen molar-refractivity contribution in [1.82, 2.24) is 4.90 Å². The second-order valence-corrected chi connectivity index (χ2v) is 5.68. The second-order valence-electron chi connectivity index (χ2n) is 5.68. The van der Waals surface area contributed by atoms with Gasteiger partial charge in [0, 0.05) is 13.1 Å². The van der Waals surface area contributed by atoms with Crippen molar-refractivity contribution in [3.8, 4) is 11.5 Å². The zero-order chi connectivity index (χ0) is 18.2. The van der Waals surface area contributed by atoms with Gasteiger partial charge in [0.1, 0.15) is 0 Å². The molecule has 0 saturated carbocycles. The van der Waals surface area contributed by atoms with E-state index in [4.69, 9.17) is 14.2 Å². The quantitative estimate of drug-likeness (QED) is 0.687. The number of hydrogen-bond acceptors (Lipinski definition) is 5. The molecule has 0 atom stereocenters. The SMILES string of the molecule is CCN(Cc1cccc(C(=O)OC)c1)Cc1ccc(OC)c(OC)c1. The van der Waals surface area contributed by atoms with Crippen molar-refractivity contribution in [2.24, 2.45) is 0 Å². The topological polar surface area (TPSA) is 48.0 Å². The molecule has 0 aliphatic carbocycles. The first kappa shape index (κ1) is 18.8. The van der Waals surface area contributed by atoms with Crippen LogP contribution in [0.25, 0.3) is 0 Å². The first-order chi connectivity index (χ1) is 12.1. The molecule has 2 aromatic carbocycles. The zero-order valence-electron chi connectivity index (χ0n) is 15.2. The Morgan fingerprint density at radius 3 is 2.20 bits per heavy atom.